The molecule has 3 rings (SSSR count). The Morgan fingerprint density at radius 1 is 1.06 bits per heavy atom. The van der Waals surface area contributed by atoms with Crippen molar-refractivity contribution in [3.63, 3.8) is 0 Å². The molecule has 17 heavy (non-hydrogen) atoms. The van der Waals surface area contributed by atoms with Crippen LogP contribution in [-0.2, 0) is 4.43 Å². The average Bonchev–Trinajstić information content (AvgIpc) is 2.63. The van der Waals surface area contributed by atoms with E-state index >= 15 is 0 Å². The van der Waals surface area contributed by atoms with Crippen molar-refractivity contribution in [1.82, 2.24) is 0 Å². The normalized spacial score (nSPS) is 51.7. The summed E-state index contributed by atoms with van der Waals surface area (Å²) in [7, 11) is -1.54. The first-order valence-electron chi connectivity index (χ1n) is 6.87. The highest BCUT2D eigenvalue weighted by molar-refractivity contribution is 6.69. The number of aliphatic hydroxyl groups excluding tert-OH is 2. The van der Waals surface area contributed by atoms with Gasteiger partial charge in [-0.25, -0.2) is 0 Å². The molecule has 1 unspecified atom stereocenters. The van der Waals surface area contributed by atoms with E-state index < -0.39 is 8.32 Å². The summed E-state index contributed by atoms with van der Waals surface area (Å²) in [6, 6.07) is 0. The molecule has 0 radical (unpaired) electrons. The van der Waals surface area contributed by atoms with Crippen LogP contribution in [0.1, 0.15) is 12.8 Å². The smallest absolute Gasteiger partial charge is 0.184 e. The largest absolute Gasteiger partial charge is 0.411 e. The van der Waals surface area contributed by atoms with E-state index in [1.807, 2.05) is 0 Å². The molecule has 3 aliphatic carbocycles. The molecule has 3 aliphatic rings. The third-order valence-electron chi connectivity index (χ3n) is 5.23. The zero-order valence-corrected chi connectivity index (χ0v) is 12.0. The maximum atomic E-state index is 9.59. The summed E-state index contributed by atoms with van der Waals surface area (Å²) < 4.78 is 6.53. The Morgan fingerprint density at radius 2 is 1.65 bits per heavy atom. The van der Waals surface area contributed by atoms with Gasteiger partial charge in [-0.2, -0.15) is 0 Å². The predicted molar refractivity (Wildman–Crippen MR) is 68.0 cm³/mol. The molecule has 98 valence electrons. The molecule has 0 amide bonds. The summed E-state index contributed by atoms with van der Waals surface area (Å²) in [6.07, 6.45) is 2.43. The van der Waals surface area contributed by atoms with Gasteiger partial charge in [-0.15, -0.1) is 0 Å². The van der Waals surface area contributed by atoms with Crippen LogP contribution >= 0.6 is 0 Å². The second-order valence-electron chi connectivity index (χ2n) is 7.08. The molecule has 0 bridgehead atoms. The molecule has 3 fully saturated rings. The standard InChI is InChI=1S/C13H24O3Si/c1-17(2,3)16-13-10-4-5-11(13)12(13)9(7-15)8(10)6-14/h8-12,14-15H,4-7H2,1-3H3/t8-,9+,10-,11+,12-,13?/m0/s1. The van der Waals surface area contributed by atoms with E-state index in [2.05, 4.69) is 19.6 Å². The maximum absolute atomic E-state index is 9.59. The topological polar surface area (TPSA) is 49.7 Å². The average molecular weight is 256 g/mol. The number of hydrogen-bond donors (Lipinski definition) is 2. The van der Waals surface area contributed by atoms with E-state index in [9.17, 15) is 10.2 Å². The van der Waals surface area contributed by atoms with E-state index in [1.165, 1.54) is 12.8 Å². The number of hydrogen-bond acceptors (Lipinski definition) is 3. The Hall–Kier alpha value is 0.0969. The Kier molecular flexibility index (Phi) is 2.54. The molecule has 4 heteroatoms. The van der Waals surface area contributed by atoms with Crippen LogP contribution in [0.25, 0.3) is 0 Å². The quantitative estimate of drug-likeness (QED) is 0.749. The van der Waals surface area contributed by atoms with Crippen LogP contribution in [0.2, 0.25) is 19.6 Å². The third kappa shape index (κ3) is 1.44. The highest BCUT2D eigenvalue weighted by Crippen LogP contribution is 2.77. The lowest BCUT2D eigenvalue weighted by atomic mass is 9.85. The molecule has 3 saturated carbocycles. The lowest BCUT2D eigenvalue weighted by molar-refractivity contribution is 0.0630. The van der Waals surface area contributed by atoms with Gasteiger partial charge in [0.15, 0.2) is 8.32 Å². The van der Waals surface area contributed by atoms with Crippen molar-refractivity contribution >= 4 is 8.32 Å². The lowest BCUT2D eigenvalue weighted by Crippen LogP contribution is -2.38. The van der Waals surface area contributed by atoms with Gasteiger partial charge in [-0.05, 0) is 62.1 Å². The summed E-state index contributed by atoms with van der Waals surface area (Å²) in [5.41, 5.74) is 0.0608. The fraction of sp³-hybridized carbons (Fsp3) is 1.00. The third-order valence-corrected chi connectivity index (χ3v) is 6.19. The van der Waals surface area contributed by atoms with Gasteiger partial charge in [0.05, 0.1) is 5.60 Å². The molecule has 0 aromatic rings. The van der Waals surface area contributed by atoms with Crippen LogP contribution in [0.5, 0.6) is 0 Å². The summed E-state index contributed by atoms with van der Waals surface area (Å²) in [5, 5.41) is 19.2. The molecule has 0 aliphatic heterocycles. The van der Waals surface area contributed by atoms with Gasteiger partial charge in [0.2, 0.25) is 0 Å². The van der Waals surface area contributed by atoms with Crippen LogP contribution in [0.15, 0.2) is 0 Å². The predicted octanol–water partition coefficient (Wildman–Crippen LogP) is 1.46. The minimum absolute atomic E-state index is 0.0608. The minimum atomic E-state index is -1.54. The van der Waals surface area contributed by atoms with Gasteiger partial charge < -0.3 is 14.6 Å². The van der Waals surface area contributed by atoms with Crippen molar-refractivity contribution in [3.05, 3.63) is 0 Å². The number of rotatable bonds is 4. The molecule has 3 nitrogen and oxygen atoms in total. The summed E-state index contributed by atoms with van der Waals surface area (Å²) in [5.74, 6) is 2.29. The molecule has 0 aromatic heterocycles. The molecule has 0 saturated heterocycles. The Labute approximate surface area is 104 Å². The molecule has 0 aromatic carbocycles. The van der Waals surface area contributed by atoms with E-state index in [1.54, 1.807) is 0 Å². The van der Waals surface area contributed by atoms with E-state index in [-0.39, 0.29) is 30.7 Å². The van der Waals surface area contributed by atoms with Crippen molar-refractivity contribution in [2.24, 2.45) is 29.6 Å². The van der Waals surface area contributed by atoms with Crippen LogP contribution in [-0.4, -0.2) is 37.3 Å². The van der Waals surface area contributed by atoms with Gasteiger partial charge in [0.1, 0.15) is 0 Å². The summed E-state index contributed by atoms with van der Waals surface area (Å²) in [6.45, 7) is 7.18. The van der Waals surface area contributed by atoms with Crippen LogP contribution in [0, 0.1) is 29.6 Å². The number of fused-ring (bicyclic) bond motifs is 1. The second-order valence-corrected chi connectivity index (χ2v) is 11.5. The first kappa shape index (κ1) is 12.1. The Balaban J connectivity index is 1.89. The van der Waals surface area contributed by atoms with Gasteiger partial charge in [-0.1, -0.05) is 0 Å². The highest BCUT2D eigenvalue weighted by Gasteiger charge is 2.81. The van der Waals surface area contributed by atoms with Gasteiger partial charge in [0, 0.05) is 13.2 Å². The Morgan fingerprint density at radius 3 is 2.18 bits per heavy atom. The second kappa shape index (κ2) is 3.56. The van der Waals surface area contributed by atoms with Crippen molar-refractivity contribution < 1.29 is 14.6 Å². The SMILES string of the molecule is C[Si](C)(C)OC12[C@H]3[C@H](CO)[C@H](CO)[C@@H]1CC[C@H]32. The number of aliphatic hydroxyl groups is 2. The van der Waals surface area contributed by atoms with E-state index in [0.717, 1.165) is 0 Å². The summed E-state index contributed by atoms with van der Waals surface area (Å²) >= 11 is 0. The van der Waals surface area contributed by atoms with E-state index in [4.69, 9.17) is 4.43 Å². The fourth-order valence-corrected chi connectivity index (χ4v) is 6.50. The van der Waals surface area contributed by atoms with Gasteiger partial charge >= 0.3 is 0 Å². The van der Waals surface area contributed by atoms with Crippen molar-refractivity contribution in [3.8, 4) is 0 Å². The fourth-order valence-electron chi connectivity index (χ4n) is 5.00. The van der Waals surface area contributed by atoms with Gasteiger partial charge in [0.25, 0.3) is 0 Å². The zero-order valence-electron chi connectivity index (χ0n) is 11.0. The van der Waals surface area contributed by atoms with Crippen LogP contribution in [0.3, 0.4) is 0 Å². The van der Waals surface area contributed by atoms with Gasteiger partial charge in [-0.3, -0.25) is 0 Å². The molecule has 0 heterocycles. The van der Waals surface area contributed by atoms with Crippen molar-refractivity contribution in [1.29, 1.82) is 0 Å². The molecule has 0 spiro atoms. The minimum Gasteiger partial charge on any atom is -0.411 e. The van der Waals surface area contributed by atoms with E-state index in [0.29, 0.717) is 17.8 Å². The van der Waals surface area contributed by atoms with Crippen molar-refractivity contribution in [2.45, 2.75) is 38.1 Å². The first-order valence-corrected chi connectivity index (χ1v) is 10.3. The maximum Gasteiger partial charge on any atom is 0.184 e. The molecular formula is C13H24O3Si. The molecule has 6 atom stereocenters. The van der Waals surface area contributed by atoms with Crippen molar-refractivity contribution in [2.75, 3.05) is 13.2 Å². The zero-order chi connectivity index (χ0) is 12.4. The lowest BCUT2D eigenvalue weighted by Gasteiger charge is -2.31. The van der Waals surface area contributed by atoms with Crippen LogP contribution in [0.4, 0.5) is 0 Å². The highest BCUT2D eigenvalue weighted by atomic mass is 28.4. The Bertz CT molecular complexity index is 323. The molecule has 2 N–H and O–H groups in total. The molecular weight excluding hydrogens is 232 g/mol. The monoisotopic (exact) mass is 256 g/mol. The summed E-state index contributed by atoms with van der Waals surface area (Å²) in [4.78, 5) is 0. The first-order chi connectivity index (χ1) is 7.95. The van der Waals surface area contributed by atoms with Crippen LogP contribution < -0.4 is 0 Å².